The number of aryl methyl sites for hydroxylation is 1. The van der Waals surface area contributed by atoms with Crippen LogP contribution in [-0.2, 0) is 26.2 Å². The quantitative estimate of drug-likeness (QED) is 0.551. The highest BCUT2D eigenvalue weighted by Gasteiger charge is 2.31. The Morgan fingerprint density at radius 1 is 1.03 bits per heavy atom. The number of hydrogen-bond acceptors (Lipinski definition) is 4. The van der Waals surface area contributed by atoms with Crippen LogP contribution in [0.25, 0.3) is 0 Å². The topological polar surface area (TPSA) is 86.8 Å². The number of sulfonamides is 1. The number of nitrogens with zero attached hydrogens (tertiary/aromatic N) is 2. The van der Waals surface area contributed by atoms with Crippen LogP contribution in [0.3, 0.4) is 0 Å². The van der Waals surface area contributed by atoms with E-state index in [1.165, 1.54) is 23.1 Å². The summed E-state index contributed by atoms with van der Waals surface area (Å²) in [6.07, 6.45) is 1.00. The number of rotatable bonds is 8. The standard InChI is InChI=1S/C24H31Cl2N3O4S/c1-16-7-9-18(10-8-16)14-28(17(2)23(31)27-24(3,4)5)22(30)15-29(34(6,32)33)19-11-12-20(25)21(26)13-19/h7-13,17H,14-15H2,1-6H3,(H,27,31)/t17-/m0/s1. The second-order valence-corrected chi connectivity index (χ2v) is 12.0. The zero-order valence-corrected chi connectivity index (χ0v) is 22.6. The van der Waals surface area contributed by atoms with Gasteiger partial charge in [0, 0.05) is 12.1 Å². The van der Waals surface area contributed by atoms with Gasteiger partial charge in [-0.15, -0.1) is 0 Å². The van der Waals surface area contributed by atoms with E-state index in [0.717, 1.165) is 21.7 Å². The van der Waals surface area contributed by atoms with Gasteiger partial charge in [-0.25, -0.2) is 8.42 Å². The van der Waals surface area contributed by atoms with Crippen molar-refractivity contribution in [1.29, 1.82) is 0 Å². The van der Waals surface area contributed by atoms with Crippen molar-refractivity contribution in [3.05, 3.63) is 63.6 Å². The van der Waals surface area contributed by atoms with Gasteiger partial charge < -0.3 is 10.2 Å². The van der Waals surface area contributed by atoms with Crippen LogP contribution in [0.15, 0.2) is 42.5 Å². The molecule has 0 aliphatic rings. The highest BCUT2D eigenvalue weighted by molar-refractivity contribution is 7.92. The summed E-state index contributed by atoms with van der Waals surface area (Å²) in [4.78, 5) is 27.8. The van der Waals surface area contributed by atoms with Crippen LogP contribution in [0.2, 0.25) is 10.0 Å². The minimum absolute atomic E-state index is 0.136. The molecule has 0 bridgehead atoms. The Morgan fingerprint density at radius 3 is 2.12 bits per heavy atom. The lowest BCUT2D eigenvalue weighted by Crippen LogP contribution is -2.54. The Bertz CT molecular complexity index is 1150. The maximum Gasteiger partial charge on any atom is 0.244 e. The average molecular weight is 529 g/mol. The minimum atomic E-state index is -3.85. The number of benzene rings is 2. The molecule has 1 atom stereocenters. The maximum absolute atomic E-state index is 13.5. The van der Waals surface area contributed by atoms with Crippen LogP contribution in [0.5, 0.6) is 0 Å². The lowest BCUT2D eigenvalue weighted by Gasteiger charge is -2.33. The van der Waals surface area contributed by atoms with E-state index < -0.39 is 34.1 Å². The highest BCUT2D eigenvalue weighted by atomic mass is 35.5. The fourth-order valence-electron chi connectivity index (χ4n) is 3.20. The van der Waals surface area contributed by atoms with Gasteiger partial charge in [0.2, 0.25) is 21.8 Å². The molecule has 0 saturated heterocycles. The van der Waals surface area contributed by atoms with E-state index in [9.17, 15) is 18.0 Å². The molecule has 2 rings (SSSR count). The first-order valence-electron chi connectivity index (χ1n) is 10.7. The van der Waals surface area contributed by atoms with E-state index in [-0.39, 0.29) is 28.2 Å². The van der Waals surface area contributed by atoms with Crippen molar-refractivity contribution in [2.45, 2.75) is 52.7 Å². The second-order valence-electron chi connectivity index (χ2n) is 9.29. The van der Waals surface area contributed by atoms with Crippen molar-refractivity contribution in [3.63, 3.8) is 0 Å². The molecule has 2 aromatic rings. The summed E-state index contributed by atoms with van der Waals surface area (Å²) in [7, 11) is -3.85. The molecule has 0 saturated carbocycles. The van der Waals surface area contributed by atoms with Gasteiger partial charge in [-0.05, 0) is 58.4 Å². The molecule has 2 amide bonds. The van der Waals surface area contributed by atoms with Gasteiger partial charge in [0.1, 0.15) is 12.6 Å². The lowest BCUT2D eigenvalue weighted by molar-refractivity contribution is -0.140. The molecule has 0 heterocycles. The maximum atomic E-state index is 13.5. The van der Waals surface area contributed by atoms with E-state index >= 15 is 0 Å². The summed E-state index contributed by atoms with van der Waals surface area (Å²) in [5.41, 5.74) is 1.58. The third kappa shape index (κ3) is 7.89. The molecular weight excluding hydrogens is 497 g/mol. The number of carbonyl (C=O) groups is 2. The van der Waals surface area contributed by atoms with Crippen molar-refractivity contribution in [1.82, 2.24) is 10.2 Å². The van der Waals surface area contributed by atoms with Crippen molar-refractivity contribution in [3.8, 4) is 0 Å². The summed E-state index contributed by atoms with van der Waals surface area (Å²) >= 11 is 12.0. The van der Waals surface area contributed by atoms with Crippen molar-refractivity contribution < 1.29 is 18.0 Å². The highest BCUT2D eigenvalue weighted by Crippen LogP contribution is 2.28. The third-order valence-corrected chi connectivity index (χ3v) is 6.89. The Balaban J connectivity index is 2.41. The Kier molecular flexibility index (Phi) is 9.02. The van der Waals surface area contributed by atoms with E-state index in [2.05, 4.69) is 5.32 Å². The first kappa shape index (κ1) is 28.0. The van der Waals surface area contributed by atoms with Crippen LogP contribution in [0.4, 0.5) is 5.69 Å². The molecule has 10 heteroatoms. The minimum Gasteiger partial charge on any atom is -0.350 e. The van der Waals surface area contributed by atoms with Gasteiger partial charge in [0.25, 0.3) is 0 Å². The smallest absolute Gasteiger partial charge is 0.244 e. The van der Waals surface area contributed by atoms with Crippen molar-refractivity contribution in [2.24, 2.45) is 0 Å². The number of carbonyl (C=O) groups excluding carboxylic acids is 2. The molecule has 0 aromatic heterocycles. The second kappa shape index (κ2) is 11.0. The predicted molar refractivity (Wildman–Crippen MR) is 138 cm³/mol. The van der Waals surface area contributed by atoms with Crippen LogP contribution in [0, 0.1) is 6.92 Å². The van der Waals surface area contributed by atoms with Crippen LogP contribution >= 0.6 is 23.2 Å². The summed E-state index contributed by atoms with van der Waals surface area (Å²) in [6, 6.07) is 11.1. The van der Waals surface area contributed by atoms with Gasteiger partial charge in [-0.3, -0.25) is 13.9 Å². The molecule has 2 aromatic carbocycles. The summed E-state index contributed by atoms with van der Waals surface area (Å²) < 4.78 is 26.1. The van der Waals surface area contributed by atoms with Crippen LogP contribution < -0.4 is 9.62 Å². The summed E-state index contributed by atoms with van der Waals surface area (Å²) in [5.74, 6) is -0.873. The van der Waals surface area contributed by atoms with E-state index in [1.54, 1.807) is 6.92 Å². The zero-order chi connectivity index (χ0) is 25.8. The molecule has 0 radical (unpaired) electrons. The van der Waals surface area contributed by atoms with Gasteiger partial charge in [0.05, 0.1) is 22.0 Å². The van der Waals surface area contributed by atoms with Gasteiger partial charge in [0.15, 0.2) is 0 Å². The third-order valence-electron chi connectivity index (χ3n) is 5.01. The largest absolute Gasteiger partial charge is 0.350 e. The van der Waals surface area contributed by atoms with Crippen molar-refractivity contribution >= 4 is 50.7 Å². The molecule has 0 unspecified atom stereocenters. The molecule has 0 fully saturated rings. The molecule has 7 nitrogen and oxygen atoms in total. The van der Waals surface area contributed by atoms with E-state index in [1.807, 2.05) is 52.0 Å². The molecule has 34 heavy (non-hydrogen) atoms. The monoisotopic (exact) mass is 527 g/mol. The number of nitrogens with one attached hydrogen (secondary N) is 1. The molecule has 0 aliphatic carbocycles. The lowest BCUT2D eigenvalue weighted by atomic mass is 10.1. The van der Waals surface area contributed by atoms with Gasteiger partial charge in [-0.1, -0.05) is 53.0 Å². The number of anilines is 1. The zero-order valence-electron chi connectivity index (χ0n) is 20.2. The van der Waals surface area contributed by atoms with Crippen LogP contribution in [-0.4, -0.2) is 49.5 Å². The molecule has 0 spiro atoms. The fourth-order valence-corrected chi connectivity index (χ4v) is 4.33. The first-order valence-corrected chi connectivity index (χ1v) is 13.3. The van der Waals surface area contributed by atoms with E-state index in [0.29, 0.717) is 0 Å². The molecule has 186 valence electrons. The number of hydrogen-bond donors (Lipinski definition) is 1. The van der Waals surface area contributed by atoms with Crippen molar-refractivity contribution in [2.75, 3.05) is 17.1 Å². The first-order chi connectivity index (χ1) is 15.6. The molecule has 0 aliphatic heterocycles. The molecule has 1 N–H and O–H groups in total. The summed E-state index contributed by atoms with van der Waals surface area (Å²) in [5, 5.41) is 3.31. The SMILES string of the molecule is Cc1ccc(CN(C(=O)CN(c2ccc(Cl)c(Cl)c2)S(C)(=O)=O)[C@@H](C)C(=O)NC(C)(C)C)cc1. The Labute approximate surface area is 212 Å². The number of amides is 2. The van der Waals surface area contributed by atoms with Gasteiger partial charge in [-0.2, -0.15) is 0 Å². The molecular formula is C24H31Cl2N3O4S. The Hall–Kier alpha value is -2.29. The fraction of sp³-hybridized carbons (Fsp3) is 0.417. The van der Waals surface area contributed by atoms with E-state index in [4.69, 9.17) is 23.2 Å². The Morgan fingerprint density at radius 2 is 1.62 bits per heavy atom. The van der Waals surface area contributed by atoms with Crippen LogP contribution in [0.1, 0.15) is 38.8 Å². The normalized spacial score (nSPS) is 12.7. The number of halogens is 2. The summed E-state index contributed by atoms with van der Waals surface area (Å²) in [6.45, 7) is 8.75. The van der Waals surface area contributed by atoms with Gasteiger partial charge >= 0.3 is 0 Å². The predicted octanol–water partition coefficient (Wildman–Crippen LogP) is 4.40. The average Bonchev–Trinajstić information content (AvgIpc) is 2.71.